The van der Waals surface area contributed by atoms with Gasteiger partial charge in [-0.2, -0.15) is 0 Å². The Hall–Kier alpha value is -2.15. The second-order valence-electron chi connectivity index (χ2n) is 4.88. The third-order valence-electron chi connectivity index (χ3n) is 3.68. The predicted molar refractivity (Wildman–Crippen MR) is 72.0 cm³/mol. The number of nitrogens with zero attached hydrogens (tertiary/aromatic N) is 2. The number of carbonyl (C=O) groups is 1. The molecule has 0 amide bonds. The van der Waals surface area contributed by atoms with Crippen molar-refractivity contribution in [2.24, 2.45) is 0 Å². The zero-order chi connectivity index (χ0) is 14.1. The van der Waals surface area contributed by atoms with Crippen molar-refractivity contribution in [2.45, 2.75) is 18.8 Å². The van der Waals surface area contributed by atoms with Gasteiger partial charge in [-0.1, -0.05) is 0 Å². The van der Waals surface area contributed by atoms with E-state index in [1.165, 1.54) is 17.8 Å². The van der Waals surface area contributed by atoms with Crippen molar-refractivity contribution in [2.75, 3.05) is 20.2 Å². The maximum Gasteiger partial charge on any atom is 0.343 e. The highest BCUT2D eigenvalue weighted by Crippen LogP contribution is 2.23. The van der Waals surface area contributed by atoms with Crippen LogP contribution in [0.25, 0.3) is 5.65 Å². The van der Waals surface area contributed by atoms with Gasteiger partial charge in [-0.05, 0) is 25.9 Å². The number of piperidine rings is 1. The monoisotopic (exact) mass is 276 g/mol. The molecule has 3 rings (SSSR count). The van der Waals surface area contributed by atoms with E-state index in [9.17, 15) is 9.59 Å². The smallest absolute Gasteiger partial charge is 0.343 e. The Morgan fingerprint density at radius 2 is 2.20 bits per heavy atom. The highest BCUT2D eigenvalue weighted by Gasteiger charge is 2.21. The Morgan fingerprint density at radius 1 is 1.45 bits per heavy atom. The topological polar surface area (TPSA) is 88.5 Å². The van der Waals surface area contributed by atoms with Crippen LogP contribution < -0.4 is 10.9 Å². The largest absolute Gasteiger partial charge is 0.465 e. The number of esters is 1. The van der Waals surface area contributed by atoms with Crippen LogP contribution in [-0.4, -0.2) is 40.8 Å². The summed E-state index contributed by atoms with van der Waals surface area (Å²) in [5.41, 5.74) is 1.15. The molecular weight excluding hydrogens is 260 g/mol. The van der Waals surface area contributed by atoms with Crippen LogP contribution in [0, 0.1) is 0 Å². The van der Waals surface area contributed by atoms with Gasteiger partial charge in [0.05, 0.1) is 12.8 Å². The predicted octanol–water partition coefficient (Wildman–Crippen LogP) is 0.276. The van der Waals surface area contributed by atoms with Crippen LogP contribution in [0.2, 0.25) is 0 Å². The second-order valence-corrected chi connectivity index (χ2v) is 4.88. The van der Waals surface area contributed by atoms with Crippen molar-refractivity contribution in [3.63, 3.8) is 0 Å². The van der Waals surface area contributed by atoms with E-state index in [1.807, 2.05) is 0 Å². The van der Waals surface area contributed by atoms with Gasteiger partial charge in [0.1, 0.15) is 5.56 Å². The SMILES string of the molecule is COC(=O)c1c[nH]n2c(=O)cc(C3CCNCC3)nc12. The van der Waals surface area contributed by atoms with E-state index in [2.05, 4.69) is 15.4 Å². The molecule has 2 N–H and O–H groups in total. The van der Waals surface area contributed by atoms with Crippen LogP contribution in [-0.2, 0) is 4.74 Å². The summed E-state index contributed by atoms with van der Waals surface area (Å²) in [6.45, 7) is 1.84. The van der Waals surface area contributed by atoms with Crippen molar-refractivity contribution < 1.29 is 9.53 Å². The van der Waals surface area contributed by atoms with Crippen molar-refractivity contribution in [3.8, 4) is 0 Å². The summed E-state index contributed by atoms with van der Waals surface area (Å²) < 4.78 is 5.96. The van der Waals surface area contributed by atoms with Gasteiger partial charge in [-0.3, -0.25) is 9.89 Å². The lowest BCUT2D eigenvalue weighted by Gasteiger charge is -2.21. The molecule has 0 aliphatic carbocycles. The molecular formula is C13H16N4O3. The second kappa shape index (κ2) is 5.09. The van der Waals surface area contributed by atoms with Crippen LogP contribution >= 0.6 is 0 Å². The molecule has 106 valence electrons. The number of methoxy groups -OCH3 is 1. The molecule has 0 radical (unpaired) electrons. The summed E-state index contributed by atoms with van der Waals surface area (Å²) in [5, 5.41) is 6.01. The van der Waals surface area contributed by atoms with Crippen LogP contribution in [0.15, 0.2) is 17.1 Å². The fourth-order valence-corrected chi connectivity index (χ4v) is 2.59. The molecule has 1 fully saturated rings. The average Bonchev–Trinajstić information content (AvgIpc) is 2.92. The summed E-state index contributed by atoms with van der Waals surface area (Å²) in [6, 6.07) is 1.54. The van der Waals surface area contributed by atoms with Gasteiger partial charge in [0.25, 0.3) is 5.56 Å². The van der Waals surface area contributed by atoms with Gasteiger partial charge >= 0.3 is 5.97 Å². The standard InChI is InChI=1S/C13H16N4O3/c1-20-13(19)9-7-15-17-11(18)6-10(16-12(9)17)8-2-4-14-5-3-8/h6-8,14-15H,2-5H2,1H3. The molecule has 3 heterocycles. The zero-order valence-electron chi connectivity index (χ0n) is 11.2. The highest BCUT2D eigenvalue weighted by molar-refractivity contribution is 5.95. The minimum absolute atomic E-state index is 0.210. The fraction of sp³-hybridized carbons (Fsp3) is 0.462. The molecule has 7 heteroatoms. The van der Waals surface area contributed by atoms with Gasteiger partial charge in [-0.25, -0.2) is 14.3 Å². The summed E-state index contributed by atoms with van der Waals surface area (Å²) >= 11 is 0. The molecule has 7 nitrogen and oxygen atoms in total. The molecule has 0 atom stereocenters. The number of H-pyrrole nitrogens is 1. The van der Waals surface area contributed by atoms with Crippen LogP contribution in [0.5, 0.6) is 0 Å². The van der Waals surface area contributed by atoms with Gasteiger partial charge in [0, 0.05) is 18.2 Å². The Balaban J connectivity index is 2.11. The number of hydrogen-bond acceptors (Lipinski definition) is 5. The molecule has 1 aliphatic rings. The molecule has 0 saturated carbocycles. The Kier molecular flexibility index (Phi) is 3.27. The third kappa shape index (κ3) is 2.09. The van der Waals surface area contributed by atoms with E-state index >= 15 is 0 Å². The summed E-state index contributed by atoms with van der Waals surface area (Å²) in [6.07, 6.45) is 3.34. The van der Waals surface area contributed by atoms with Gasteiger partial charge < -0.3 is 10.1 Å². The number of nitrogens with one attached hydrogen (secondary N) is 2. The van der Waals surface area contributed by atoms with Crippen LogP contribution in [0.4, 0.5) is 0 Å². The highest BCUT2D eigenvalue weighted by atomic mass is 16.5. The Bertz CT molecular complexity index is 697. The molecule has 0 unspecified atom stereocenters. The molecule has 1 aliphatic heterocycles. The molecule has 2 aromatic heterocycles. The van der Waals surface area contributed by atoms with E-state index < -0.39 is 5.97 Å². The van der Waals surface area contributed by atoms with Crippen molar-refractivity contribution in [1.82, 2.24) is 19.9 Å². The lowest BCUT2D eigenvalue weighted by atomic mass is 9.94. The summed E-state index contributed by atoms with van der Waals surface area (Å²) in [4.78, 5) is 28.3. The van der Waals surface area contributed by atoms with Gasteiger partial charge in [0.2, 0.25) is 0 Å². The molecule has 0 spiro atoms. The number of fused-ring (bicyclic) bond motifs is 1. The number of aromatic amines is 1. The van der Waals surface area contributed by atoms with E-state index in [4.69, 9.17) is 4.74 Å². The number of aromatic nitrogens is 3. The normalized spacial score (nSPS) is 16.4. The van der Waals surface area contributed by atoms with Crippen LogP contribution in [0.3, 0.4) is 0 Å². The number of ether oxygens (including phenoxy) is 1. The number of carbonyl (C=O) groups excluding carboxylic acids is 1. The van der Waals surface area contributed by atoms with Gasteiger partial charge in [-0.15, -0.1) is 0 Å². The minimum Gasteiger partial charge on any atom is -0.465 e. The summed E-state index contributed by atoms with van der Waals surface area (Å²) in [5.74, 6) is -0.243. The molecule has 1 saturated heterocycles. The molecule has 20 heavy (non-hydrogen) atoms. The van der Waals surface area contributed by atoms with E-state index in [0.717, 1.165) is 31.6 Å². The Morgan fingerprint density at radius 3 is 2.90 bits per heavy atom. The fourth-order valence-electron chi connectivity index (χ4n) is 2.59. The molecule has 0 bridgehead atoms. The zero-order valence-corrected chi connectivity index (χ0v) is 11.2. The quantitative estimate of drug-likeness (QED) is 0.769. The Labute approximate surface area is 114 Å². The van der Waals surface area contributed by atoms with Crippen molar-refractivity contribution >= 4 is 11.6 Å². The third-order valence-corrected chi connectivity index (χ3v) is 3.68. The van der Waals surface area contributed by atoms with Crippen molar-refractivity contribution in [1.29, 1.82) is 0 Å². The maximum absolute atomic E-state index is 12.1. The van der Waals surface area contributed by atoms with E-state index in [1.54, 1.807) is 6.07 Å². The first kappa shape index (κ1) is 12.9. The average molecular weight is 276 g/mol. The van der Waals surface area contributed by atoms with E-state index in [-0.39, 0.29) is 17.0 Å². The molecule has 2 aromatic rings. The van der Waals surface area contributed by atoms with Crippen molar-refractivity contribution in [3.05, 3.63) is 33.9 Å². The number of rotatable bonds is 2. The number of hydrogen-bond donors (Lipinski definition) is 2. The summed E-state index contributed by atoms with van der Waals surface area (Å²) in [7, 11) is 1.31. The van der Waals surface area contributed by atoms with Crippen LogP contribution in [0.1, 0.15) is 34.8 Å². The minimum atomic E-state index is -0.502. The maximum atomic E-state index is 12.1. The lowest BCUT2D eigenvalue weighted by molar-refractivity contribution is 0.0602. The first-order valence-electron chi connectivity index (χ1n) is 6.61. The molecule has 0 aromatic carbocycles. The lowest BCUT2D eigenvalue weighted by Crippen LogP contribution is -2.28. The first-order chi connectivity index (χ1) is 9.70. The van der Waals surface area contributed by atoms with Gasteiger partial charge in [0.15, 0.2) is 5.65 Å². The first-order valence-corrected chi connectivity index (χ1v) is 6.61. The van der Waals surface area contributed by atoms with E-state index in [0.29, 0.717) is 5.65 Å².